The molecule has 1 aromatic rings. The molecule has 0 spiro atoms. The highest BCUT2D eigenvalue weighted by atomic mass is 16.6. The Balaban J connectivity index is 2.39. The van der Waals surface area contributed by atoms with Crippen LogP contribution in [0, 0.1) is 5.41 Å². The predicted molar refractivity (Wildman–Crippen MR) is 124 cm³/mol. The van der Waals surface area contributed by atoms with Gasteiger partial charge in [-0.1, -0.05) is 25.8 Å². The van der Waals surface area contributed by atoms with Gasteiger partial charge in [0.25, 0.3) is 0 Å². The van der Waals surface area contributed by atoms with E-state index in [1.807, 2.05) is 6.07 Å². The molecule has 1 saturated heterocycles. The molecule has 2 rings (SSSR count). The lowest BCUT2D eigenvalue weighted by Crippen LogP contribution is -2.52. The molecule has 8 heteroatoms. The van der Waals surface area contributed by atoms with Gasteiger partial charge < -0.3 is 24.4 Å². The molecule has 1 aromatic carbocycles. The van der Waals surface area contributed by atoms with Gasteiger partial charge in [-0.05, 0) is 56.3 Å². The van der Waals surface area contributed by atoms with Crippen LogP contribution in [-0.2, 0) is 25.5 Å². The normalized spacial score (nSPS) is 22.3. The molecule has 0 bridgehead atoms. The van der Waals surface area contributed by atoms with Crippen LogP contribution in [0.1, 0.15) is 71.3 Å². The second kappa shape index (κ2) is 12.8. The molecule has 1 heterocycles. The highest BCUT2D eigenvalue weighted by molar-refractivity contribution is 5.66. The maximum absolute atomic E-state index is 12.1. The first kappa shape index (κ1) is 26.9. The van der Waals surface area contributed by atoms with E-state index in [-0.39, 0.29) is 17.8 Å². The van der Waals surface area contributed by atoms with Gasteiger partial charge in [-0.15, -0.1) is 0 Å². The number of ether oxygens (including phenoxy) is 3. The minimum atomic E-state index is -0.747. The number of hydrogen-bond acceptors (Lipinski definition) is 8. The number of aliphatic hydroxyl groups is 1. The van der Waals surface area contributed by atoms with Crippen LogP contribution in [0.25, 0.3) is 0 Å². The van der Waals surface area contributed by atoms with Gasteiger partial charge in [-0.2, -0.15) is 0 Å². The number of aromatic hydroxyl groups is 1. The third kappa shape index (κ3) is 8.19. The fourth-order valence-corrected chi connectivity index (χ4v) is 4.80. The largest absolute Gasteiger partial charge is 0.504 e. The second-order valence-corrected chi connectivity index (χ2v) is 9.03. The summed E-state index contributed by atoms with van der Waals surface area (Å²) in [5.41, 5.74) is 0.313. The van der Waals surface area contributed by atoms with Crippen LogP contribution in [0.5, 0.6) is 11.5 Å². The third-order valence-electron chi connectivity index (χ3n) is 6.33. The van der Waals surface area contributed by atoms with Crippen LogP contribution in [0.3, 0.4) is 0 Å². The van der Waals surface area contributed by atoms with Gasteiger partial charge in [0.2, 0.25) is 0 Å². The summed E-state index contributed by atoms with van der Waals surface area (Å²) in [6.45, 7) is 5.43. The third-order valence-corrected chi connectivity index (χ3v) is 6.33. The van der Waals surface area contributed by atoms with E-state index in [1.54, 1.807) is 12.1 Å². The predicted octanol–water partition coefficient (Wildman–Crippen LogP) is 3.47. The van der Waals surface area contributed by atoms with Gasteiger partial charge in [0.05, 0.1) is 7.11 Å². The van der Waals surface area contributed by atoms with Gasteiger partial charge >= 0.3 is 11.9 Å². The van der Waals surface area contributed by atoms with Crippen LogP contribution >= 0.6 is 0 Å². The van der Waals surface area contributed by atoms with Crippen molar-refractivity contribution >= 4 is 11.9 Å². The monoisotopic (exact) mass is 465 g/mol. The zero-order chi connectivity index (χ0) is 24.4. The molecule has 0 unspecified atom stereocenters. The van der Waals surface area contributed by atoms with Crippen molar-refractivity contribution in [2.75, 3.05) is 13.7 Å². The molecule has 0 aromatic heterocycles. The van der Waals surface area contributed by atoms with Crippen LogP contribution in [0.15, 0.2) is 18.2 Å². The van der Waals surface area contributed by atoms with E-state index in [0.717, 1.165) is 24.8 Å². The highest BCUT2D eigenvalue weighted by Crippen LogP contribution is 2.43. The molecule has 1 aliphatic heterocycles. The zero-order valence-electron chi connectivity index (χ0n) is 20.3. The summed E-state index contributed by atoms with van der Waals surface area (Å²) in [7, 11) is 1.49. The molecule has 1 fully saturated rings. The summed E-state index contributed by atoms with van der Waals surface area (Å²) >= 11 is 0. The Labute approximate surface area is 196 Å². The smallest absolute Gasteiger partial charge is 0.302 e. The molecular formula is C25H39NO7. The second-order valence-electron chi connectivity index (χ2n) is 9.03. The molecule has 0 aliphatic carbocycles. The van der Waals surface area contributed by atoms with Gasteiger partial charge in [-0.25, -0.2) is 0 Å². The number of carbonyl (C=O) groups is 2. The first-order valence-electron chi connectivity index (χ1n) is 11.8. The lowest BCUT2D eigenvalue weighted by Gasteiger charge is -2.45. The number of piperidine rings is 1. The number of unbranched alkanes of at least 4 members (excludes halogenated alkanes) is 2. The van der Waals surface area contributed by atoms with Crippen LogP contribution < -0.4 is 10.1 Å². The standard InChI is InChI=1S/C25H39NO7/c1-5-6-7-8-20(32-17(2)27)14-23(33-18(3)28)25(11-12-26-24(30)16-25)15-19-9-10-21(29)22(13-19)31-4/h9-10,13,20,23-24,26,29-30H,5-8,11-12,14-16H2,1-4H3/t20-,23-,24-,25-/m1/s1. The van der Waals surface area contributed by atoms with E-state index >= 15 is 0 Å². The minimum Gasteiger partial charge on any atom is -0.504 e. The first-order valence-corrected chi connectivity index (χ1v) is 11.8. The summed E-state index contributed by atoms with van der Waals surface area (Å²) in [6, 6.07) is 5.15. The van der Waals surface area contributed by atoms with E-state index in [9.17, 15) is 19.8 Å². The van der Waals surface area contributed by atoms with Gasteiger partial charge in [0.1, 0.15) is 18.4 Å². The van der Waals surface area contributed by atoms with Gasteiger partial charge in [0.15, 0.2) is 11.5 Å². The molecule has 186 valence electrons. The number of benzene rings is 1. The summed E-state index contributed by atoms with van der Waals surface area (Å²) in [5, 5.41) is 23.5. The Morgan fingerprint density at radius 2 is 1.94 bits per heavy atom. The van der Waals surface area contributed by atoms with Crippen molar-refractivity contribution in [2.45, 2.75) is 90.6 Å². The lowest BCUT2D eigenvalue weighted by atomic mass is 9.68. The number of methoxy groups -OCH3 is 1. The summed E-state index contributed by atoms with van der Waals surface area (Å²) in [5.74, 6) is -0.367. The van der Waals surface area contributed by atoms with E-state index in [2.05, 4.69) is 12.2 Å². The van der Waals surface area contributed by atoms with Crippen molar-refractivity contribution < 1.29 is 34.0 Å². The number of aliphatic hydroxyl groups excluding tert-OH is 1. The van der Waals surface area contributed by atoms with Crippen LogP contribution in [0.2, 0.25) is 0 Å². The molecule has 8 nitrogen and oxygen atoms in total. The number of hydrogen-bond donors (Lipinski definition) is 3. The molecule has 0 radical (unpaired) electrons. The fourth-order valence-electron chi connectivity index (χ4n) is 4.80. The maximum Gasteiger partial charge on any atom is 0.302 e. The molecule has 1 aliphatic rings. The number of phenols is 1. The average molecular weight is 466 g/mol. The number of rotatable bonds is 12. The molecule has 33 heavy (non-hydrogen) atoms. The van der Waals surface area contributed by atoms with E-state index in [1.165, 1.54) is 21.0 Å². The van der Waals surface area contributed by atoms with Gasteiger partial charge in [0, 0.05) is 25.7 Å². The minimum absolute atomic E-state index is 0.0445. The van der Waals surface area contributed by atoms with Crippen molar-refractivity contribution in [3.8, 4) is 11.5 Å². The van der Waals surface area contributed by atoms with Crippen LogP contribution in [0.4, 0.5) is 0 Å². The van der Waals surface area contributed by atoms with Crippen molar-refractivity contribution in [3.63, 3.8) is 0 Å². The van der Waals surface area contributed by atoms with Crippen molar-refractivity contribution in [2.24, 2.45) is 5.41 Å². The van der Waals surface area contributed by atoms with E-state index in [0.29, 0.717) is 44.4 Å². The quantitative estimate of drug-likeness (QED) is 0.318. The highest BCUT2D eigenvalue weighted by Gasteiger charge is 2.45. The molecule has 4 atom stereocenters. The van der Waals surface area contributed by atoms with Crippen molar-refractivity contribution in [1.82, 2.24) is 5.32 Å². The fraction of sp³-hybridized carbons (Fsp3) is 0.680. The first-order chi connectivity index (χ1) is 15.7. The Kier molecular flexibility index (Phi) is 10.4. The van der Waals surface area contributed by atoms with Crippen LogP contribution in [-0.4, -0.2) is 54.2 Å². The topological polar surface area (TPSA) is 114 Å². The molecular weight excluding hydrogens is 426 g/mol. The number of carbonyl (C=O) groups excluding carboxylic acids is 2. The Hall–Kier alpha value is -2.32. The number of phenolic OH excluding ortho intramolecular Hbond substituents is 1. The van der Waals surface area contributed by atoms with Gasteiger partial charge in [-0.3, -0.25) is 14.9 Å². The van der Waals surface area contributed by atoms with Crippen molar-refractivity contribution in [3.05, 3.63) is 23.8 Å². The summed E-state index contributed by atoms with van der Waals surface area (Å²) in [6.07, 6.45) is 3.89. The molecule has 0 saturated carbocycles. The average Bonchev–Trinajstić information content (AvgIpc) is 2.74. The van der Waals surface area contributed by atoms with E-state index < -0.39 is 23.7 Å². The summed E-state index contributed by atoms with van der Waals surface area (Å²) < 4.78 is 16.7. The van der Waals surface area contributed by atoms with Crippen molar-refractivity contribution in [1.29, 1.82) is 0 Å². The molecule has 3 N–H and O–H groups in total. The van der Waals surface area contributed by atoms with E-state index in [4.69, 9.17) is 14.2 Å². The number of nitrogens with one attached hydrogen (secondary N) is 1. The number of esters is 2. The maximum atomic E-state index is 12.1. The lowest BCUT2D eigenvalue weighted by molar-refractivity contribution is -0.165. The Morgan fingerprint density at radius 3 is 2.55 bits per heavy atom. The Morgan fingerprint density at radius 1 is 1.21 bits per heavy atom. The zero-order valence-corrected chi connectivity index (χ0v) is 20.3. The Bertz CT molecular complexity index is 784. The molecule has 0 amide bonds. The summed E-state index contributed by atoms with van der Waals surface area (Å²) in [4.78, 5) is 23.9. The SMILES string of the molecule is CCCCC[C@H](C[C@@H](OC(C)=O)[C@@]1(Cc2ccc(O)c(OC)c2)CCN[C@H](O)C1)OC(C)=O.